The molecular weight excluding hydrogens is 276 g/mol. The lowest BCUT2D eigenvalue weighted by atomic mass is 10.1. The highest BCUT2D eigenvalue weighted by Crippen LogP contribution is 2.31. The lowest BCUT2D eigenvalue weighted by molar-refractivity contribution is -0.0413. The van der Waals surface area contributed by atoms with Gasteiger partial charge in [0.25, 0.3) is 0 Å². The van der Waals surface area contributed by atoms with E-state index in [1.165, 1.54) is 11.3 Å². The first-order chi connectivity index (χ1) is 9.79. The molecule has 0 amide bonds. The Labute approximate surface area is 120 Å². The van der Waals surface area contributed by atoms with Crippen molar-refractivity contribution in [2.75, 3.05) is 20.3 Å². The molecule has 1 aromatic heterocycles. The van der Waals surface area contributed by atoms with E-state index in [2.05, 4.69) is 0 Å². The Bertz CT molecular complexity index is 614. The van der Waals surface area contributed by atoms with Crippen LogP contribution in [-0.4, -0.2) is 26.1 Å². The maximum Gasteiger partial charge on any atom is 0.206 e. The monoisotopic (exact) mass is 290 g/mol. The number of ether oxygens (including phenoxy) is 3. The van der Waals surface area contributed by atoms with Crippen molar-refractivity contribution in [2.24, 2.45) is 0 Å². The molecule has 4 nitrogen and oxygen atoms in total. The molecular formula is C15H14O4S. The van der Waals surface area contributed by atoms with Gasteiger partial charge in [-0.15, -0.1) is 11.3 Å². The summed E-state index contributed by atoms with van der Waals surface area (Å²) in [5, 5.41) is 0. The smallest absolute Gasteiger partial charge is 0.206 e. The van der Waals surface area contributed by atoms with Crippen LogP contribution in [0.25, 0.3) is 0 Å². The number of methoxy groups -OCH3 is 1. The van der Waals surface area contributed by atoms with Gasteiger partial charge in [0, 0.05) is 0 Å². The molecule has 1 aliphatic rings. The standard InChI is InChI=1S/C15H14O4S/c1-17-11-5-3-2-4-10(11)14(16)12-6-7-13(20-12)15-18-8-9-19-15/h2-7,15H,8-9H2,1H3. The SMILES string of the molecule is COc1ccccc1C(=O)c1ccc(C2OCCO2)s1. The second-order valence-corrected chi connectivity index (χ2v) is 5.42. The van der Waals surface area contributed by atoms with Crippen LogP contribution in [-0.2, 0) is 9.47 Å². The molecule has 1 fully saturated rings. The number of thiophene rings is 1. The molecule has 20 heavy (non-hydrogen) atoms. The molecule has 3 rings (SSSR count). The highest BCUT2D eigenvalue weighted by atomic mass is 32.1. The summed E-state index contributed by atoms with van der Waals surface area (Å²) in [5.41, 5.74) is 0.566. The lowest BCUT2D eigenvalue weighted by Gasteiger charge is -2.06. The van der Waals surface area contributed by atoms with Crippen LogP contribution in [0.2, 0.25) is 0 Å². The van der Waals surface area contributed by atoms with E-state index in [1.807, 2.05) is 18.2 Å². The first-order valence-electron chi connectivity index (χ1n) is 6.30. The van der Waals surface area contributed by atoms with Crippen LogP contribution in [0, 0.1) is 0 Å². The quantitative estimate of drug-likeness (QED) is 0.812. The number of para-hydroxylation sites is 1. The third kappa shape index (κ3) is 2.47. The van der Waals surface area contributed by atoms with E-state index in [1.54, 1.807) is 25.3 Å². The fraction of sp³-hybridized carbons (Fsp3) is 0.267. The zero-order valence-corrected chi connectivity index (χ0v) is 11.8. The first kappa shape index (κ1) is 13.3. The van der Waals surface area contributed by atoms with Gasteiger partial charge >= 0.3 is 0 Å². The van der Waals surface area contributed by atoms with Crippen molar-refractivity contribution >= 4 is 17.1 Å². The molecule has 0 unspecified atom stereocenters. The number of rotatable bonds is 4. The van der Waals surface area contributed by atoms with E-state index in [9.17, 15) is 4.79 Å². The molecule has 2 aromatic rings. The third-order valence-corrected chi connectivity index (χ3v) is 4.16. The van der Waals surface area contributed by atoms with Gasteiger partial charge in [0.1, 0.15) is 5.75 Å². The Hall–Kier alpha value is -1.69. The van der Waals surface area contributed by atoms with Gasteiger partial charge in [-0.25, -0.2) is 0 Å². The summed E-state index contributed by atoms with van der Waals surface area (Å²) >= 11 is 1.40. The average Bonchev–Trinajstić information content (AvgIpc) is 3.16. The molecule has 1 aliphatic heterocycles. The van der Waals surface area contributed by atoms with Crippen molar-refractivity contribution in [1.29, 1.82) is 0 Å². The van der Waals surface area contributed by atoms with Gasteiger partial charge in [-0.1, -0.05) is 12.1 Å². The third-order valence-electron chi connectivity index (χ3n) is 3.06. The number of hydrogen-bond acceptors (Lipinski definition) is 5. The van der Waals surface area contributed by atoms with E-state index in [-0.39, 0.29) is 12.1 Å². The van der Waals surface area contributed by atoms with Crippen molar-refractivity contribution in [3.8, 4) is 5.75 Å². The van der Waals surface area contributed by atoms with Gasteiger partial charge in [-0.05, 0) is 24.3 Å². The van der Waals surface area contributed by atoms with Gasteiger partial charge in [0.15, 0.2) is 6.29 Å². The summed E-state index contributed by atoms with van der Waals surface area (Å²) in [6.45, 7) is 1.19. The van der Waals surface area contributed by atoms with Crippen LogP contribution in [0.4, 0.5) is 0 Å². The summed E-state index contributed by atoms with van der Waals surface area (Å²) in [4.78, 5) is 14.1. The Kier molecular flexibility index (Phi) is 3.82. The van der Waals surface area contributed by atoms with Crippen molar-refractivity contribution in [1.82, 2.24) is 0 Å². The minimum Gasteiger partial charge on any atom is -0.496 e. The summed E-state index contributed by atoms with van der Waals surface area (Å²) in [5.74, 6) is 0.539. The predicted molar refractivity (Wildman–Crippen MR) is 75.4 cm³/mol. The van der Waals surface area contributed by atoms with E-state index in [4.69, 9.17) is 14.2 Å². The van der Waals surface area contributed by atoms with Gasteiger partial charge in [0.05, 0.1) is 35.6 Å². The summed E-state index contributed by atoms with van der Waals surface area (Å²) in [6.07, 6.45) is -0.334. The fourth-order valence-electron chi connectivity index (χ4n) is 2.09. The summed E-state index contributed by atoms with van der Waals surface area (Å²) in [7, 11) is 1.56. The van der Waals surface area contributed by atoms with Crippen LogP contribution in [0.3, 0.4) is 0 Å². The minimum atomic E-state index is -0.334. The molecule has 2 heterocycles. The van der Waals surface area contributed by atoms with Gasteiger partial charge < -0.3 is 14.2 Å². The Morgan fingerprint density at radius 2 is 1.95 bits per heavy atom. The number of benzene rings is 1. The van der Waals surface area contributed by atoms with Crippen LogP contribution >= 0.6 is 11.3 Å². The first-order valence-corrected chi connectivity index (χ1v) is 7.12. The largest absolute Gasteiger partial charge is 0.496 e. The summed E-state index contributed by atoms with van der Waals surface area (Å²) < 4.78 is 16.1. The molecule has 0 bridgehead atoms. The highest BCUT2D eigenvalue weighted by molar-refractivity contribution is 7.14. The van der Waals surface area contributed by atoms with Crippen molar-refractivity contribution in [3.05, 3.63) is 51.7 Å². The molecule has 0 atom stereocenters. The van der Waals surface area contributed by atoms with Crippen LogP contribution in [0.1, 0.15) is 26.4 Å². The van der Waals surface area contributed by atoms with E-state index in [0.717, 1.165) is 4.88 Å². The lowest BCUT2D eigenvalue weighted by Crippen LogP contribution is -2.01. The van der Waals surface area contributed by atoms with Crippen molar-refractivity contribution in [2.45, 2.75) is 6.29 Å². The molecule has 0 saturated carbocycles. The Morgan fingerprint density at radius 3 is 2.70 bits per heavy atom. The second kappa shape index (κ2) is 5.75. The van der Waals surface area contributed by atoms with Gasteiger partial charge in [-0.3, -0.25) is 4.79 Å². The normalized spacial score (nSPS) is 15.4. The van der Waals surface area contributed by atoms with Crippen molar-refractivity contribution in [3.63, 3.8) is 0 Å². The second-order valence-electron chi connectivity index (χ2n) is 4.30. The number of carbonyl (C=O) groups is 1. The van der Waals surface area contributed by atoms with E-state index < -0.39 is 0 Å². The molecule has 104 valence electrons. The van der Waals surface area contributed by atoms with Gasteiger partial charge in [0.2, 0.25) is 5.78 Å². The van der Waals surface area contributed by atoms with E-state index >= 15 is 0 Å². The van der Waals surface area contributed by atoms with Gasteiger partial charge in [-0.2, -0.15) is 0 Å². The van der Waals surface area contributed by atoms with Crippen LogP contribution in [0.15, 0.2) is 36.4 Å². The molecule has 1 aromatic carbocycles. The maximum absolute atomic E-state index is 12.5. The molecule has 1 saturated heterocycles. The topological polar surface area (TPSA) is 44.8 Å². The molecule has 0 aliphatic carbocycles. The Morgan fingerprint density at radius 1 is 1.20 bits per heavy atom. The Balaban J connectivity index is 1.87. The minimum absolute atomic E-state index is 0.0447. The number of hydrogen-bond donors (Lipinski definition) is 0. The molecule has 0 radical (unpaired) electrons. The highest BCUT2D eigenvalue weighted by Gasteiger charge is 2.22. The predicted octanol–water partition coefficient (Wildman–Crippen LogP) is 3.03. The van der Waals surface area contributed by atoms with Crippen molar-refractivity contribution < 1.29 is 19.0 Å². The fourth-order valence-corrected chi connectivity index (χ4v) is 3.05. The van der Waals surface area contributed by atoms with Crippen LogP contribution < -0.4 is 4.74 Å². The maximum atomic E-state index is 12.5. The summed E-state index contributed by atoms with van der Waals surface area (Å²) in [6, 6.07) is 10.9. The zero-order valence-electron chi connectivity index (χ0n) is 11.0. The van der Waals surface area contributed by atoms with Crippen LogP contribution in [0.5, 0.6) is 5.75 Å². The number of carbonyl (C=O) groups excluding carboxylic acids is 1. The molecule has 0 spiro atoms. The average molecular weight is 290 g/mol. The van der Waals surface area contributed by atoms with E-state index in [0.29, 0.717) is 29.4 Å². The molecule has 5 heteroatoms. The zero-order chi connectivity index (χ0) is 13.9. The number of ketones is 1. The molecule has 0 N–H and O–H groups in total.